The summed E-state index contributed by atoms with van der Waals surface area (Å²) in [6.45, 7) is 12.6. The molecule has 0 amide bonds. The number of hydrogen-bond donors (Lipinski definition) is 0. The molecule has 0 atom stereocenters. The van der Waals surface area contributed by atoms with Gasteiger partial charge in [-0.3, -0.25) is 19.4 Å². The maximum absolute atomic E-state index is 12.6. The third-order valence-corrected chi connectivity index (χ3v) is 7.46. The fraction of sp³-hybridized carbons (Fsp3) is 0.440. The molecule has 172 valence electrons. The van der Waals surface area contributed by atoms with Crippen LogP contribution in [-0.4, -0.2) is 59.3 Å². The predicted molar refractivity (Wildman–Crippen MR) is 133 cm³/mol. The van der Waals surface area contributed by atoms with Crippen molar-refractivity contribution in [3.63, 3.8) is 0 Å². The van der Waals surface area contributed by atoms with Gasteiger partial charge in [0.2, 0.25) is 10.2 Å². The second-order valence-corrected chi connectivity index (χ2v) is 9.88. The summed E-state index contributed by atoms with van der Waals surface area (Å²) in [6, 6.07) is 11.8. The van der Waals surface area contributed by atoms with E-state index in [-0.39, 0.29) is 10.2 Å². The molecule has 0 fully saturated rings. The number of rotatable bonds is 10. The van der Waals surface area contributed by atoms with Crippen LogP contribution in [0.3, 0.4) is 0 Å². The van der Waals surface area contributed by atoms with Crippen LogP contribution < -0.4 is 4.74 Å². The molecule has 0 saturated heterocycles. The van der Waals surface area contributed by atoms with E-state index in [9.17, 15) is 9.59 Å². The van der Waals surface area contributed by atoms with E-state index in [1.165, 1.54) is 23.5 Å². The summed E-state index contributed by atoms with van der Waals surface area (Å²) >= 11 is 2.58. The zero-order valence-electron chi connectivity index (χ0n) is 19.3. The molecule has 32 heavy (non-hydrogen) atoms. The minimum Gasteiger partial charge on any atom is -0.457 e. The summed E-state index contributed by atoms with van der Waals surface area (Å²) in [4.78, 5) is 31.2. The molecule has 1 aliphatic heterocycles. The molecule has 2 aromatic rings. The minimum absolute atomic E-state index is 0.138. The molecule has 0 spiro atoms. The number of hydrogen-bond acceptors (Lipinski definition) is 7. The lowest BCUT2D eigenvalue weighted by Gasteiger charge is -2.23. The molecule has 7 heteroatoms. The van der Waals surface area contributed by atoms with E-state index in [1.807, 2.05) is 36.4 Å². The summed E-state index contributed by atoms with van der Waals surface area (Å²) in [5.74, 6) is 1.62. The Bertz CT molecular complexity index is 956. The van der Waals surface area contributed by atoms with Gasteiger partial charge >= 0.3 is 0 Å². The Morgan fingerprint density at radius 1 is 0.844 bits per heavy atom. The van der Waals surface area contributed by atoms with E-state index in [4.69, 9.17) is 4.74 Å². The van der Waals surface area contributed by atoms with Crippen molar-refractivity contribution in [2.24, 2.45) is 0 Å². The largest absolute Gasteiger partial charge is 0.457 e. The molecule has 1 aliphatic rings. The number of thioether (sulfide) groups is 2. The van der Waals surface area contributed by atoms with Gasteiger partial charge < -0.3 is 4.74 Å². The fourth-order valence-electron chi connectivity index (χ4n) is 3.66. The van der Waals surface area contributed by atoms with Crippen molar-refractivity contribution in [1.82, 2.24) is 9.80 Å². The van der Waals surface area contributed by atoms with Crippen molar-refractivity contribution in [3.8, 4) is 11.5 Å². The first-order valence-electron chi connectivity index (χ1n) is 11.3. The molecule has 0 saturated carbocycles. The fourth-order valence-corrected chi connectivity index (χ4v) is 5.44. The van der Waals surface area contributed by atoms with E-state index < -0.39 is 0 Å². The molecule has 5 nitrogen and oxygen atoms in total. The highest BCUT2D eigenvalue weighted by molar-refractivity contribution is 8.14. The van der Waals surface area contributed by atoms with Crippen molar-refractivity contribution < 1.29 is 14.3 Å². The molecule has 0 aliphatic carbocycles. The number of benzene rings is 2. The first kappa shape index (κ1) is 24.8. The van der Waals surface area contributed by atoms with Crippen LogP contribution in [0.4, 0.5) is 0 Å². The molecule has 3 rings (SSSR count). The lowest BCUT2D eigenvalue weighted by atomic mass is 10.0. The third-order valence-electron chi connectivity index (χ3n) is 5.66. The van der Waals surface area contributed by atoms with Crippen LogP contribution in [-0.2, 0) is 16.0 Å². The maximum atomic E-state index is 12.6. The Morgan fingerprint density at radius 2 is 1.47 bits per heavy atom. The molecule has 0 unspecified atom stereocenters. The van der Waals surface area contributed by atoms with Crippen LogP contribution in [0, 0.1) is 0 Å². The van der Waals surface area contributed by atoms with Gasteiger partial charge in [0.05, 0.1) is 13.1 Å². The van der Waals surface area contributed by atoms with Crippen LogP contribution in [0.5, 0.6) is 11.5 Å². The molecule has 0 N–H and O–H groups in total. The SMILES string of the molecule is CCN(CC)CC(=O)Sc1ccc2c(c1)Cc1c(cccc1SC(=O)CN(CC)CC)O2. The first-order valence-corrected chi connectivity index (χ1v) is 12.9. The highest BCUT2D eigenvalue weighted by Crippen LogP contribution is 2.42. The van der Waals surface area contributed by atoms with Gasteiger partial charge in [0.15, 0.2) is 0 Å². The Labute approximate surface area is 199 Å². The van der Waals surface area contributed by atoms with Gasteiger partial charge in [0.25, 0.3) is 0 Å². The second kappa shape index (κ2) is 11.9. The zero-order valence-corrected chi connectivity index (χ0v) is 21.0. The number of carbonyl (C=O) groups excluding carboxylic acids is 2. The van der Waals surface area contributed by atoms with Crippen LogP contribution in [0.25, 0.3) is 0 Å². The quantitative estimate of drug-likeness (QED) is 0.371. The van der Waals surface area contributed by atoms with Crippen molar-refractivity contribution in [1.29, 1.82) is 0 Å². The Kier molecular flexibility index (Phi) is 9.22. The smallest absolute Gasteiger partial charge is 0.207 e. The molecule has 2 aromatic carbocycles. The highest BCUT2D eigenvalue weighted by Gasteiger charge is 2.22. The van der Waals surface area contributed by atoms with Crippen molar-refractivity contribution >= 4 is 33.8 Å². The molecule has 1 heterocycles. The monoisotopic (exact) mass is 472 g/mol. The van der Waals surface area contributed by atoms with Gasteiger partial charge in [-0.15, -0.1) is 0 Å². The lowest BCUT2D eigenvalue weighted by Crippen LogP contribution is -2.28. The van der Waals surface area contributed by atoms with Crippen molar-refractivity contribution in [2.45, 2.75) is 43.9 Å². The first-order chi connectivity index (χ1) is 15.5. The van der Waals surface area contributed by atoms with Gasteiger partial charge in [-0.25, -0.2) is 0 Å². The van der Waals surface area contributed by atoms with Crippen LogP contribution in [0.2, 0.25) is 0 Å². The van der Waals surface area contributed by atoms with E-state index in [0.29, 0.717) is 19.5 Å². The normalized spacial score (nSPS) is 12.4. The average molecular weight is 473 g/mol. The standard InChI is InChI=1S/C25H32N2O3S2/c1-5-26(6-2)16-24(28)31-19-12-13-21-18(14-19)15-20-22(30-21)10-9-11-23(20)32-25(29)17-27(7-3)8-4/h9-14H,5-8,15-17H2,1-4H3. The third kappa shape index (κ3) is 6.38. The summed E-state index contributed by atoms with van der Waals surface area (Å²) in [7, 11) is 0. The molecule has 0 bridgehead atoms. The topological polar surface area (TPSA) is 49.9 Å². The van der Waals surface area contributed by atoms with E-state index >= 15 is 0 Å². The number of likely N-dealkylation sites (N-methyl/N-ethyl adjacent to an activating group) is 2. The number of ether oxygens (including phenoxy) is 1. The molecular formula is C25H32N2O3S2. The maximum Gasteiger partial charge on any atom is 0.207 e. The summed E-state index contributed by atoms with van der Waals surface area (Å²) in [5, 5.41) is 0.281. The van der Waals surface area contributed by atoms with Gasteiger partial charge in [-0.2, -0.15) is 0 Å². The minimum atomic E-state index is 0.138. The van der Waals surface area contributed by atoms with Gasteiger partial charge in [0, 0.05) is 27.3 Å². The summed E-state index contributed by atoms with van der Waals surface area (Å²) in [5.41, 5.74) is 2.08. The van der Waals surface area contributed by atoms with E-state index in [1.54, 1.807) is 0 Å². The second-order valence-electron chi connectivity index (χ2n) is 7.65. The average Bonchev–Trinajstić information content (AvgIpc) is 2.80. The Balaban J connectivity index is 1.73. The Morgan fingerprint density at radius 3 is 2.09 bits per heavy atom. The van der Waals surface area contributed by atoms with E-state index in [2.05, 4.69) is 37.5 Å². The molecule has 0 radical (unpaired) electrons. The van der Waals surface area contributed by atoms with Gasteiger partial charge in [-0.1, -0.05) is 57.3 Å². The lowest BCUT2D eigenvalue weighted by molar-refractivity contribution is -0.112. The molecule has 0 aromatic heterocycles. The Hall–Kier alpha value is -1.80. The van der Waals surface area contributed by atoms with Gasteiger partial charge in [0.1, 0.15) is 11.5 Å². The molecular weight excluding hydrogens is 440 g/mol. The number of carbonyl (C=O) groups is 2. The summed E-state index contributed by atoms with van der Waals surface area (Å²) < 4.78 is 6.14. The summed E-state index contributed by atoms with van der Waals surface area (Å²) in [6.07, 6.45) is 0.686. The van der Waals surface area contributed by atoms with Crippen LogP contribution in [0.1, 0.15) is 38.8 Å². The van der Waals surface area contributed by atoms with Crippen molar-refractivity contribution in [3.05, 3.63) is 47.5 Å². The number of nitrogens with zero attached hydrogens (tertiary/aromatic N) is 2. The van der Waals surface area contributed by atoms with Crippen molar-refractivity contribution in [2.75, 3.05) is 39.3 Å². The van der Waals surface area contributed by atoms with Gasteiger partial charge in [-0.05, 0) is 56.5 Å². The highest BCUT2D eigenvalue weighted by atomic mass is 32.2. The van der Waals surface area contributed by atoms with Crippen LogP contribution in [0.15, 0.2) is 46.2 Å². The number of fused-ring (bicyclic) bond motifs is 2. The van der Waals surface area contributed by atoms with Crippen LogP contribution >= 0.6 is 23.5 Å². The zero-order chi connectivity index (χ0) is 23.1. The van der Waals surface area contributed by atoms with E-state index in [0.717, 1.165) is 58.6 Å². The predicted octanol–water partition coefficient (Wildman–Crippen LogP) is 5.30.